The van der Waals surface area contributed by atoms with Gasteiger partial charge >= 0.3 is 5.97 Å². The highest BCUT2D eigenvalue weighted by Gasteiger charge is 2.00. The van der Waals surface area contributed by atoms with Gasteiger partial charge in [-0.2, -0.15) is 0 Å². The van der Waals surface area contributed by atoms with Gasteiger partial charge < -0.3 is 19.5 Å². The number of pyridine rings is 1. The van der Waals surface area contributed by atoms with Crippen LogP contribution in [0, 0.1) is 0 Å². The molecule has 1 rings (SSSR count). The summed E-state index contributed by atoms with van der Waals surface area (Å²) in [6, 6.07) is 3.62. The molecule has 0 saturated heterocycles. The van der Waals surface area contributed by atoms with E-state index in [9.17, 15) is 4.79 Å². The van der Waals surface area contributed by atoms with Crippen LogP contribution < -0.4 is 10.1 Å². The van der Waals surface area contributed by atoms with E-state index in [1.165, 1.54) is 0 Å². The van der Waals surface area contributed by atoms with Crippen LogP contribution >= 0.6 is 0 Å². The molecule has 0 aliphatic rings. The van der Waals surface area contributed by atoms with E-state index < -0.39 is 0 Å². The van der Waals surface area contributed by atoms with E-state index in [4.69, 9.17) is 14.2 Å². The van der Waals surface area contributed by atoms with E-state index in [1.807, 2.05) is 6.07 Å². The third kappa shape index (κ3) is 5.49. The number of nitrogens with zero attached hydrogens (tertiary/aromatic N) is 1. The third-order valence-corrected chi connectivity index (χ3v) is 2.05. The van der Waals surface area contributed by atoms with Crippen LogP contribution in [0.2, 0.25) is 0 Å². The van der Waals surface area contributed by atoms with Crippen molar-refractivity contribution in [2.75, 3.05) is 38.8 Å². The van der Waals surface area contributed by atoms with Crippen molar-refractivity contribution in [2.24, 2.45) is 0 Å². The summed E-state index contributed by atoms with van der Waals surface area (Å²) in [5.74, 6) is 0.225. The molecular formula is C12H18N2O4. The summed E-state index contributed by atoms with van der Waals surface area (Å²) in [5, 5.41) is 3.11. The SMILES string of the molecule is CCOC(=O)COCCNc1ccc(OC)nc1. The van der Waals surface area contributed by atoms with Crippen LogP contribution in [0.4, 0.5) is 5.69 Å². The number of nitrogens with one attached hydrogen (secondary N) is 1. The van der Waals surface area contributed by atoms with Crippen LogP contribution in [0.15, 0.2) is 18.3 Å². The number of hydrogen-bond donors (Lipinski definition) is 1. The Balaban J connectivity index is 2.12. The Morgan fingerprint density at radius 1 is 1.44 bits per heavy atom. The first-order valence-electron chi connectivity index (χ1n) is 5.73. The summed E-state index contributed by atoms with van der Waals surface area (Å²) in [6.45, 7) is 3.13. The molecule has 0 aliphatic heterocycles. The van der Waals surface area contributed by atoms with Gasteiger partial charge in [-0.25, -0.2) is 9.78 Å². The van der Waals surface area contributed by atoms with Crippen molar-refractivity contribution in [3.8, 4) is 5.88 Å². The fraction of sp³-hybridized carbons (Fsp3) is 0.500. The molecule has 0 bridgehead atoms. The number of ether oxygens (including phenoxy) is 3. The molecule has 1 aromatic rings. The number of aromatic nitrogens is 1. The molecule has 1 aromatic heterocycles. The van der Waals surface area contributed by atoms with Gasteiger partial charge in [-0.05, 0) is 13.0 Å². The largest absolute Gasteiger partial charge is 0.481 e. The predicted octanol–water partition coefficient (Wildman–Crippen LogP) is 1.08. The van der Waals surface area contributed by atoms with Crippen LogP contribution in [-0.4, -0.2) is 44.4 Å². The highest BCUT2D eigenvalue weighted by Crippen LogP contribution is 2.10. The smallest absolute Gasteiger partial charge is 0.332 e. The molecule has 0 amide bonds. The first-order valence-corrected chi connectivity index (χ1v) is 5.73. The van der Waals surface area contributed by atoms with Gasteiger partial charge in [0.05, 0.1) is 32.2 Å². The van der Waals surface area contributed by atoms with Crippen molar-refractivity contribution in [3.63, 3.8) is 0 Å². The Morgan fingerprint density at radius 2 is 2.28 bits per heavy atom. The number of methoxy groups -OCH3 is 1. The molecule has 6 nitrogen and oxygen atoms in total. The number of esters is 1. The fourth-order valence-corrected chi connectivity index (χ4v) is 1.23. The first-order chi connectivity index (χ1) is 8.76. The quantitative estimate of drug-likeness (QED) is 0.553. The molecule has 18 heavy (non-hydrogen) atoms. The highest BCUT2D eigenvalue weighted by atomic mass is 16.6. The van der Waals surface area contributed by atoms with Crippen molar-refractivity contribution >= 4 is 11.7 Å². The summed E-state index contributed by atoms with van der Waals surface area (Å²) in [4.78, 5) is 15.0. The molecule has 100 valence electrons. The fourth-order valence-electron chi connectivity index (χ4n) is 1.23. The van der Waals surface area contributed by atoms with Crippen molar-refractivity contribution in [2.45, 2.75) is 6.92 Å². The number of rotatable bonds is 8. The zero-order valence-corrected chi connectivity index (χ0v) is 10.6. The van der Waals surface area contributed by atoms with Crippen molar-refractivity contribution in [1.82, 2.24) is 4.98 Å². The predicted molar refractivity (Wildman–Crippen MR) is 66.7 cm³/mol. The van der Waals surface area contributed by atoms with Gasteiger partial charge in [-0.15, -0.1) is 0 Å². The Hall–Kier alpha value is -1.82. The number of hydrogen-bond acceptors (Lipinski definition) is 6. The van der Waals surface area contributed by atoms with Gasteiger partial charge in [0, 0.05) is 12.6 Å². The Bertz CT molecular complexity index is 354. The Morgan fingerprint density at radius 3 is 2.89 bits per heavy atom. The molecular weight excluding hydrogens is 236 g/mol. The van der Waals surface area contributed by atoms with Gasteiger partial charge in [-0.3, -0.25) is 0 Å². The number of carbonyl (C=O) groups is 1. The lowest BCUT2D eigenvalue weighted by Gasteiger charge is -2.07. The normalized spacial score (nSPS) is 9.89. The molecule has 0 atom stereocenters. The summed E-state index contributed by atoms with van der Waals surface area (Å²) >= 11 is 0. The van der Waals surface area contributed by atoms with Crippen molar-refractivity contribution < 1.29 is 19.0 Å². The standard InChI is InChI=1S/C12H18N2O4/c1-3-18-12(15)9-17-7-6-13-10-4-5-11(16-2)14-8-10/h4-5,8,13H,3,6-7,9H2,1-2H3. The van der Waals surface area contributed by atoms with Crippen LogP contribution in [0.1, 0.15) is 6.92 Å². The average Bonchev–Trinajstić information content (AvgIpc) is 2.39. The molecule has 1 heterocycles. The molecule has 0 spiro atoms. The van der Waals surface area contributed by atoms with Crippen LogP contribution in [0.25, 0.3) is 0 Å². The van der Waals surface area contributed by atoms with E-state index >= 15 is 0 Å². The lowest BCUT2D eigenvalue weighted by molar-refractivity contribution is -0.148. The third-order valence-electron chi connectivity index (χ3n) is 2.05. The minimum absolute atomic E-state index is 0.0175. The molecule has 1 N–H and O–H groups in total. The van der Waals surface area contributed by atoms with E-state index in [0.717, 1.165) is 5.69 Å². The maximum Gasteiger partial charge on any atom is 0.332 e. The van der Waals surface area contributed by atoms with Crippen molar-refractivity contribution in [3.05, 3.63) is 18.3 Å². The van der Waals surface area contributed by atoms with Crippen LogP contribution in [0.5, 0.6) is 5.88 Å². The highest BCUT2D eigenvalue weighted by molar-refractivity contribution is 5.70. The van der Waals surface area contributed by atoms with Crippen molar-refractivity contribution in [1.29, 1.82) is 0 Å². The van der Waals surface area contributed by atoms with Gasteiger partial charge in [0.25, 0.3) is 0 Å². The van der Waals surface area contributed by atoms with Gasteiger partial charge in [0.1, 0.15) is 6.61 Å². The van der Waals surface area contributed by atoms with Gasteiger partial charge in [0.15, 0.2) is 0 Å². The van der Waals surface area contributed by atoms with Crippen LogP contribution in [0.3, 0.4) is 0 Å². The maximum absolute atomic E-state index is 11.0. The molecule has 0 radical (unpaired) electrons. The second-order valence-electron chi connectivity index (χ2n) is 3.37. The summed E-state index contributed by atoms with van der Waals surface area (Å²) in [6.07, 6.45) is 1.67. The Labute approximate surface area is 106 Å². The topological polar surface area (TPSA) is 69.7 Å². The molecule has 0 saturated carbocycles. The summed E-state index contributed by atoms with van der Waals surface area (Å²) in [5.41, 5.74) is 0.871. The molecule has 0 aliphatic carbocycles. The first kappa shape index (κ1) is 14.2. The van der Waals surface area contributed by atoms with E-state index in [-0.39, 0.29) is 12.6 Å². The minimum atomic E-state index is -0.344. The van der Waals surface area contributed by atoms with E-state index in [2.05, 4.69) is 10.3 Å². The molecule has 6 heteroatoms. The van der Waals surface area contributed by atoms with E-state index in [1.54, 1.807) is 26.3 Å². The minimum Gasteiger partial charge on any atom is -0.481 e. The zero-order valence-electron chi connectivity index (χ0n) is 10.6. The summed E-state index contributed by atoms with van der Waals surface area (Å²) < 4.78 is 14.8. The molecule has 0 fully saturated rings. The summed E-state index contributed by atoms with van der Waals surface area (Å²) in [7, 11) is 1.57. The number of anilines is 1. The average molecular weight is 254 g/mol. The van der Waals surface area contributed by atoms with Gasteiger partial charge in [-0.1, -0.05) is 0 Å². The molecule has 0 aromatic carbocycles. The zero-order chi connectivity index (χ0) is 13.2. The lowest BCUT2D eigenvalue weighted by atomic mass is 10.4. The second-order valence-corrected chi connectivity index (χ2v) is 3.37. The monoisotopic (exact) mass is 254 g/mol. The number of carbonyl (C=O) groups excluding carboxylic acids is 1. The van der Waals surface area contributed by atoms with Crippen LogP contribution in [-0.2, 0) is 14.3 Å². The maximum atomic E-state index is 11.0. The Kier molecular flexibility index (Phi) is 6.56. The molecule has 0 unspecified atom stereocenters. The lowest BCUT2D eigenvalue weighted by Crippen LogP contribution is -2.16. The second kappa shape index (κ2) is 8.30. The van der Waals surface area contributed by atoms with E-state index in [0.29, 0.717) is 25.6 Å². The van der Waals surface area contributed by atoms with Gasteiger partial charge in [0.2, 0.25) is 5.88 Å².